The molecule has 0 unspecified atom stereocenters. The maximum Gasteiger partial charge on any atom is 0.254 e. The number of rotatable bonds is 4. The largest absolute Gasteiger partial charge is 0.508 e. The van der Waals surface area contributed by atoms with E-state index in [4.69, 9.17) is 11.6 Å². The van der Waals surface area contributed by atoms with Crippen LogP contribution in [0.25, 0.3) is 0 Å². The molecule has 0 aromatic heterocycles. The van der Waals surface area contributed by atoms with Gasteiger partial charge in [0.15, 0.2) is 0 Å². The highest BCUT2D eigenvalue weighted by atomic mass is 35.5. The monoisotopic (exact) mass is 239 g/mol. The zero-order chi connectivity index (χ0) is 11.5. The van der Waals surface area contributed by atoms with Crippen molar-refractivity contribution in [1.29, 1.82) is 0 Å². The van der Waals surface area contributed by atoms with Gasteiger partial charge in [0.05, 0.1) is 0 Å². The van der Waals surface area contributed by atoms with E-state index in [1.807, 2.05) is 0 Å². The number of hydrogen-bond donors (Lipinski definition) is 1. The molecular weight excluding hydrogens is 226 g/mol. The molecule has 0 heterocycles. The number of aromatic hydroxyl groups is 1. The molecule has 2 rings (SSSR count). The van der Waals surface area contributed by atoms with Crippen molar-refractivity contribution in [2.75, 3.05) is 12.4 Å². The maximum atomic E-state index is 12.1. The Hall–Kier alpha value is -1.22. The van der Waals surface area contributed by atoms with Crippen LogP contribution in [-0.4, -0.2) is 34.4 Å². The van der Waals surface area contributed by atoms with Crippen LogP contribution in [-0.2, 0) is 0 Å². The second kappa shape index (κ2) is 4.74. The number of phenols is 1. The second-order valence-corrected chi connectivity index (χ2v) is 4.35. The highest BCUT2D eigenvalue weighted by Gasteiger charge is 2.32. The van der Waals surface area contributed by atoms with Crippen LogP contribution in [0.1, 0.15) is 23.2 Å². The Morgan fingerprint density at radius 3 is 2.81 bits per heavy atom. The van der Waals surface area contributed by atoms with Gasteiger partial charge in [-0.2, -0.15) is 0 Å². The predicted octanol–water partition coefficient (Wildman–Crippen LogP) is 2.24. The first kappa shape index (κ1) is 11.3. The number of amides is 1. The third-order valence-corrected chi connectivity index (χ3v) is 2.84. The third kappa shape index (κ3) is 2.47. The summed E-state index contributed by atoms with van der Waals surface area (Å²) in [6.07, 6.45) is 2.11. The van der Waals surface area contributed by atoms with Gasteiger partial charge < -0.3 is 10.0 Å². The first-order valence-electron chi connectivity index (χ1n) is 5.38. The molecule has 0 aliphatic heterocycles. The molecule has 0 bridgehead atoms. The molecule has 1 aromatic carbocycles. The lowest BCUT2D eigenvalue weighted by atomic mass is 10.2. The quantitative estimate of drug-likeness (QED) is 0.819. The van der Waals surface area contributed by atoms with E-state index in [-0.39, 0.29) is 11.7 Å². The summed E-state index contributed by atoms with van der Waals surface area (Å²) in [5.74, 6) is 0.521. The van der Waals surface area contributed by atoms with Gasteiger partial charge >= 0.3 is 0 Å². The van der Waals surface area contributed by atoms with Gasteiger partial charge in [0.25, 0.3) is 5.91 Å². The fourth-order valence-electron chi connectivity index (χ4n) is 1.73. The fourth-order valence-corrected chi connectivity index (χ4v) is 1.91. The minimum absolute atomic E-state index is 0.0425. The molecule has 86 valence electrons. The van der Waals surface area contributed by atoms with Crippen molar-refractivity contribution in [3.05, 3.63) is 29.8 Å². The van der Waals surface area contributed by atoms with Crippen molar-refractivity contribution in [1.82, 2.24) is 4.90 Å². The first-order valence-corrected chi connectivity index (χ1v) is 5.92. The molecule has 0 saturated heterocycles. The molecule has 1 aliphatic carbocycles. The van der Waals surface area contributed by atoms with Crippen molar-refractivity contribution >= 4 is 17.5 Å². The Morgan fingerprint density at radius 1 is 1.50 bits per heavy atom. The lowest BCUT2D eigenvalue weighted by Gasteiger charge is -2.21. The minimum atomic E-state index is -0.0425. The van der Waals surface area contributed by atoms with Crippen LogP contribution >= 0.6 is 11.6 Å². The van der Waals surface area contributed by atoms with Crippen LogP contribution in [0.3, 0.4) is 0 Å². The second-order valence-electron chi connectivity index (χ2n) is 3.97. The van der Waals surface area contributed by atoms with E-state index >= 15 is 0 Å². The predicted molar refractivity (Wildman–Crippen MR) is 62.9 cm³/mol. The average Bonchev–Trinajstić information content (AvgIpc) is 3.09. The van der Waals surface area contributed by atoms with Crippen LogP contribution in [0.15, 0.2) is 24.3 Å². The first-order chi connectivity index (χ1) is 7.72. The zero-order valence-electron chi connectivity index (χ0n) is 8.90. The summed E-state index contributed by atoms with van der Waals surface area (Å²) < 4.78 is 0. The summed E-state index contributed by atoms with van der Waals surface area (Å²) in [6, 6.07) is 6.78. The van der Waals surface area contributed by atoms with E-state index in [1.165, 1.54) is 6.07 Å². The van der Waals surface area contributed by atoms with Gasteiger partial charge in [-0.3, -0.25) is 4.79 Å². The number of carbonyl (C=O) groups is 1. The van der Waals surface area contributed by atoms with Gasteiger partial charge in [-0.15, -0.1) is 11.6 Å². The van der Waals surface area contributed by atoms with Gasteiger partial charge in [-0.25, -0.2) is 0 Å². The van der Waals surface area contributed by atoms with Crippen LogP contribution in [0, 0.1) is 0 Å². The molecule has 0 radical (unpaired) electrons. The van der Waals surface area contributed by atoms with E-state index in [0.29, 0.717) is 24.0 Å². The normalized spacial score (nSPS) is 14.8. The molecule has 1 N–H and O–H groups in total. The van der Waals surface area contributed by atoms with Gasteiger partial charge in [0.2, 0.25) is 0 Å². The summed E-state index contributed by atoms with van der Waals surface area (Å²) in [5.41, 5.74) is 0.525. The van der Waals surface area contributed by atoms with Crippen molar-refractivity contribution in [3.8, 4) is 5.75 Å². The molecule has 1 saturated carbocycles. The van der Waals surface area contributed by atoms with E-state index in [2.05, 4.69) is 0 Å². The van der Waals surface area contributed by atoms with E-state index < -0.39 is 0 Å². The number of nitrogens with zero attached hydrogens (tertiary/aromatic N) is 1. The van der Waals surface area contributed by atoms with E-state index in [1.54, 1.807) is 23.1 Å². The molecule has 3 nitrogen and oxygen atoms in total. The molecule has 1 aliphatic rings. The third-order valence-electron chi connectivity index (χ3n) is 2.67. The van der Waals surface area contributed by atoms with Crippen molar-refractivity contribution < 1.29 is 9.90 Å². The molecule has 1 amide bonds. The molecule has 16 heavy (non-hydrogen) atoms. The highest BCUT2D eigenvalue weighted by Crippen LogP contribution is 2.28. The van der Waals surface area contributed by atoms with Crippen molar-refractivity contribution in [3.63, 3.8) is 0 Å². The number of carbonyl (C=O) groups excluding carboxylic acids is 1. The van der Waals surface area contributed by atoms with Gasteiger partial charge in [-0.1, -0.05) is 6.07 Å². The minimum Gasteiger partial charge on any atom is -0.508 e. The Kier molecular flexibility index (Phi) is 3.34. The van der Waals surface area contributed by atoms with E-state index in [0.717, 1.165) is 12.8 Å². The molecule has 0 atom stereocenters. The van der Waals surface area contributed by atoms with E-state index in [9.17, 15) is 9.90 Å². The van der Waals surface area contributed by atoms with Gasteiger partial charge in [-0.05, 0) is 31.0 Å². The number of alkyl halides is 1. The summed E-state index contributed by atoms with van der Waals surface area (Å²) in [6.45, 7) is 0.570. The number of benzene rings is 1. The van der Waals surface area contributed by atoms with Gasteiger partial charge in [0.1, 0.15) is 5.75 Å². The summed E-state index contributed by atoms with van der Waals surface area (Å²) >= 11 is 5.69. The Labute approximate surface area is 99.6 Å². The number of hydrogen-bond acceptors (Lipinski definition) is 2. The van der Waals surface area contributed by atoms with Crippen LogP contribution in [0.5, 0.6) is 5.75 Å². The molecular formula is C12H14ClNO2. The lowest BCUT2D eigenvalue weighted by molar-refractivity contribution is 0.0753. The Balaban J connectivity index is 2.15. The summed E-state index contributed by atoms with van der Waals surface area (Å²) in [4.78, 5) is 13.9. The number of phenolic OH excluding ortho intramolecular Hbond substituents is 1. The molecule has 0 spiro atoms. The SMILES string of the molecule is O=C(c1cccc(O)c1)N(CCCl)C1CC1. The van der Waals surface area contributed by atoms with Crippen molar-refractivity contribution in [2.45, 2.75) is 18.9 Å². The molecule has 1 aromatic rings. The van der Waals surface area contributed by atoms with Crippen LogP contribution in [0.2, 0.25) is 0 Å². The molecule has 1 fully saturated rings. The van der Waals surface area contributed by atoms with Gasteiger partial charge in [0, 0.05) is 24.0 Å². The topological polar surface area (TPSA) is 40.5 Å². The Bertz CT molecular complexity index is 390. The van der Waals surface area contributed by atoms with Crippen LogP contribution < -0.4 is 0 Å². The summed E-state index contributed by atoms with van der Waals surface area (Å²) in [7, 11) is 0. The standard InChI is InChI=1S/C12H14ClNO2/c13-6-7-14(10-4-5-10)12(16)9-2-1-3-11(15)8-9/h1-3,8,10,15H,4-7H2. The maximum absolute atomic E-state index is 12.1. The lowest BCUT2D eigenvalue weighted by Crippen LogP contribution is -2.34. The molecule has 4 heteroatoms. The highest BCUT2D eigenvalue weighted by molar-refractivity contribution is 6.18. The smallest absolute Gasteiger partial charge is 0.254 e. The number of halogens is 1. The zero-order valence-corrected chi connectivity index (χ0v) is 9.65. The Morgan fingerprint density at radius 2 is 2.25 bits per heavy atom. The average molecular weight is 240 g/mol. The van der Waals surface area contributed by atoms with Crippen molar-refractivity contribution in [2.24, 2.45) is 0 Å². The van der Waals surface area contributed by atoms with Crippen LogP contribution in [0.4, 0.5) is 0 Å². The summed E-state index contributed by atoms with van der Waals surface area (Å²) in [5, 5.41) is 9.33. The fraction of sp³-hybridized carbons (Fsp3) is 0.417.